The number of amides is 1. The van der Waals surface area contributed by atoms with E-state index in [2.05, 4.69) is 0 Å². The van der Waals surface area contributed by atoms with Crippen LogP contribution in [0.25, 0.3) is 0 Å². The summed E-state index contributed by atoms with van der Waals surface area (Å²) in [4.78, 5) is 35.9. The van der Waals surface area contributed by atoms with E-state index in [1.165, 1.54) is 35.8 Å². The van der Waals surface area contributed by atoms with Crippen molar-refractivity contribution in [3.63, 3.8) is 0 Å². The fourth-order valence-corrected chi connectivity index (χ4v) is 2.65. The predicted molar refractivity (Wildman–Crippen MR) is 72.6 cm³/mol. The minimum Gasteiger partial charge on any atom is -0.469 e. The first kappa shape index (κ1) is 15.0. The van der Waals surface area contributed by atoms with Crippen molar-refractivity contribution in [1.29, 1.82) is 0 Å². The zero-order valence-corrected chi connectivity index (χ0v) is 12.1. The average Bonchev–Trinajstić information content (AvgIpc) is 3.00. The lowest BCUT2D eigenvalue weighted by Gasteiger charge is -2.14. The molecule has 2 atom stereocenters. The fourth-order valence-electron chi connectivity index (χ4n) is 2.65. The number of esters is 1. The van der Waals surface area contributed by atoms with Gasteiger partial charge in [-0.3, -0.25) is 9.59 Å². The van der Waals surface area contributed by atoms with Gasteiger partial charge in [0.15, 0.2) is 5.69 Å². The number of likely N-dealkylation sites (tertiary alicyclic amines) is 1. The normalized spacial score (nSPS) is 21.4. The van der Waals surface area contributed by atoms with E-state index in [9.17, 15) is 19.7 Å². The molecule has 1 aromatic heterocycles. The second-order valence-electron chi connectivity index (χ2n) is 5.21. The Bertz CT molecular complexity index is 595. The molecule has 2 heterocycles. The molecule has 21 heavy (non-hydrogen) atoms. The van der Waals surface area contributed by atoms with E-state index < -0.39 is 4.92 Å². The largest absolute Gasteiger partial charge is 0.469 e. The Kier molecular flexibility index (Phi) is 3.97. The summed E-state index contributed by atoms with van der Waals surface area (Å²) in [5.74, 6) is -1.15. The first-order valence-corrected chi connectivity index (χ1v) is 6.54. The number of ether oxygens (including phenoxy) is 1. The summed E-state index contributed by atoms with van der Waals surface area (Å²) in [6.45, 7) is 2.57. The second kappa shape index (κ2) is 5.55. The lowest BCUT2D eigenvalue weighted by Crippen LogP contribution is -2.31. The van der Waals surface area contributed by atoms with Crippen LogP contribution in [0.5, 0.6) is 0 Å². The van der Waals surface area contributed by atoms with Crippen LogP contribution in [0.2, 0.25) is 0 Å². The Hall–Kier alpha value is -2.38. The summed E-state index contributed by atoms with van der Waals surface area (Å²) in [6, 6.07) is 2.72. The third-order valence-corrected chi connectivity index (χ3v) is 3.90. The van der Waals surface area contributed by atoms with Gasteiger partial charge in [0.2, 0.25) is 0 Å². The highest BCUT2D eigenvalue weighted by atomic mass is 16.6. The third-order valence-electron chi connectivity index (χ3n) is 3.90. The summed E-state index contributed by atoms with van der Waals surface area (Å²) in [5.41, 5.74) is 0.236. The fraction of sp³-hybridized carbons (Fsp3) is 0.538. The number of nitro groups is 1. The Labute approximate surface area is 121 Å². The molecular weight excluding hydrogens is 278 g/mol. The van der Waals surface area contributed by atoms with Crippen LogP contribution in [0.4, 0.5) is 5.82 Å². The van der Waals surface area contributed by atoms with Crippen molar-refractivity contribution in [3.8, 4) is 0 Å². The number of methoxy groups -OCH3 is 1. The maximum absolute atomic E-state index is 12.4. The Balaban J connectivity index is 2.19. The Morgan fingerprint density at radius 2 is 2.05 bits per heavy atom. The number of carbonyl (C=O) groups is 2. The first-order chi connectivity index (χ1) is 9.86. The lowest BCUT2D eigenvalue weighted by atomic mass is 9.99. The van der Waals surface area contributed by atoms with Crippen molar-refractivity contribution in [2.24, 2.45) is 18.9 Å². The highest BCUT2D eigenvalue weighted by Crippen LogP contribution is 2.26. The smallest absolute Gasteiger partial charge is 0.323 e. The van der Waals surface area contributed by atoms with Crippen LogP contribution in [-0.4, -0.2) is 46.5 Å². The van der Waals surface area contributed by atoms with Crippen molar-refractivity contribution in [2.45, 2.75) is 6.92 Å². The predicted octanol–water partition coefficient (Wildman–Crippen LogP) is 0.814. The molecule has 2 unspecified atom stereocenters. The van der Waals surface area contributed by atoms with E-state index in [-0.39, 0.29) is 41.8 Å². The number of aromatic nitrogens is 1. The zero-order valence-electron chi connectivity index (χ0n) is 12.1. The van der Waals surface area contributed by atoms with E-state index >= 15 is 0 Å². The number of hydrogen-bond acceptors (Lipinski definition) is 5. The SMILES string of the molecule is COC(=O)C1CN(C(=O)c2ccc([N+](=O)[O-])n2C)CC1C. The van der Waals surface area contributed by atoms with Gasteiger partial charge in [0, 0.05) is 19.2 Å². The van der Waals surface area contributed by atoms with Gasteiger partial charge in [-0.1, -0.05) is 6.92 Å². The Morgan fingerprint density at radius 3 is 2.57 bits per heavy atom. The number of hydrogen-bond donors (Lipinski definition) is 0. The molecule has 0 saturated carbocycles. The molecule has 8 nitrogen and oxygen atoms in total. The summed E-state index contributed by atoms with van der Waals surface area (Å²) < 4.78 is 5.97. The monoisotopic (exact) mass is 295 g/mol. The number of nitrogens with zero attached hydrogens (tertiary/aromatic N) is 3. The molecule has 0 spiro atoms. The van der Waals surface area contributed by atoms with Crippen LogP contribution in [0.15, 0.2) is 12.1 Å². The summed E-state index contributed by atoms with van der Waals surface area (Å²) >= 11 is 0. The topological polar surface area (TPSA) is 94.7 Å². The van der Waals surface area contributed by atoms with Crippen molar-refractivity contribution in [3.05, 3.63) is 27.9 Å². The molecule has 0 aromatic carbocycles. The minimum atomic E-state index is -0.541. The van der Waals surface area contributed by atoms with Crippen LogP contribution >= 0.6 is 0 Å². The van der Waals surface area contributed by atoms with Gasteiger partial charge in [0.1, 0.15) is 0 Å². The van der Waals surface area contributed by atoms with Gasteiger partial charge in [-0.05, 0) is 16.9 Å². The molecule has 1 aliphatic rings. The number of carbonyl (C=O) groups excluding carboxylic acids is 2. The molecule has 1 aliphatic heterocycles. The van der Waals surface area contributed by atoms with Gasteiger partial charge in [-0.15, -0.1) is 0 Å². The van der Waals surface area contributed by atoms with Gasteiger partial charge in [-0.25, -0.2) is 4.57 Å². The second-order valence-corrected chi connectivity index (χ2v) is 5.21. The van der Waals surface area contributed by atoms with Crippen molar-refractivity contribution in [2.75, 3.05) is 20.2 Å². The van der Waals surface area contributed by atoms with Crippen LogP contribution in [0.1, 0.15) is 17.4 Å². The molecule has 0 bridgehead atoms. The average molecular weight is 295 g/mol. The van der Waals surface area contributed by atoms with E-state index in [0.29, 0.717) is 6.54 Å². The van der Waals surface area contributed by atoms with Crippen molar-refractivity contribution < 1.29 is 19.2 Å². The van der Waals surface area contributed by atoms with E-state index in [4.69, 9.17) is 4.74 Å². The highest BCUT2D eigenvalue weighted by molar-refractivity contribution is 5.94. The van der Waals surface area contributed by atoms with Gasteiger partial charge in [0.05, 0.1) is 20.1 Å². The first-order valence-electron chi connectivity index (χ1n) is 6.54. The molecule has 0 aliphatic carbocycles. The Morgan fingerprint density at radius 1 is 1.38 bits per heavy atom. The van der Waals surface area contributed by atoms with Gasteiger partial charge in [-0.2, -0.15) is 0 Å². The van der Waals surface area contributed by atoms with Crippen LogP contribution < -0.4 is 0 Å². The number of rotatable bonds is 3. The maximum atomic E-state index is 12.4. The van der Waals surface area contributed by atoms with E-state index in [1.807, 2.05) is 6.92 Å². The molecule has 0 N–H and O–H groups in total. The van der Waals surface area contributed by atoms with Gasteiger partial charge in [0.25, 0.3) is 5.91 Å². The third kappa shape index (κ3) is 2.61. The molecule has 1 fully saturated rings. The van der Waals surface area contributed by atoms with Crippen molar-refractivity contribution in [1.82, 2.24) is 9.47 Å². The summed E-state index contributed by atoms with van der Waals surface area (Å²) in [7, 11) is 2.79. The quantitative estimate of drug-likeness (QED) is 0.467. The van der Waals surface area contributed by atoms with Gasteiger partial charge < -0.3 is 19.8 Å². The molecule has 0 radical (unpaired) electrons. The van der Waals surface area contributed by atoms with Crippen LogP contribution in [0.3, 0.4) is 0 Å². The molecule has 2 rings (SSSR count). The summed E-state index contributed by atoms with van der Waals surface area (Å²) in [6.07, 6.45) is 0. The lowest BCUT2D eigenvalue weighted by molar-refractivity contribution is -0.391. The van der Waals surface area contributed by atoms with E-state index in [1.54, 1.807) is 0 Å². The summed E-state index contributed by atoms with van der Waals surface area (Å²) in [5, 5.41) is 10.8. The minimum absolute atomic E-state index is 0.00310. The standard InChI is InChI=1S/C13H17N3O5/c1-8-6-15(7-9(8)13(18)21-3)12(17)10-4-5-11(14(10)2)16(19)20/h4-5,8-9H,6-7H2,1-3H3. The molecule has 1 saturated heterocycles. The zero-order chi connectivity index (χ0) is 15.7. The van der Waals surface area contributed by atoms with Gasteiger partial charge >= 0.3 is 11.8 Å². The molecule has 8 heteroatoms. The van der Waals surface area contributed by atoms with Crippen LogP contribution in [-0.2, 0) is 16.6 Å². The molecule has 1 amide bonds. The molecule has 114 valence electrons. The van der Waals surface area contributed by atoms with Crippen LogP contribution in [0, 0.1) is 22.0 Å². The molecular formula is C13H17N3O5. The molecule has 1 aromatic rings. The highest BCUT2D eigenvalue weighted by Gasteiger charge is 2.39. The van der Waals surface area contributed by atoms with E-state index in [0.717, 1.165) is 0 Å². The maximum Gasteiger partial charge on any atom is 0.323 e. The van der Waals surface area contributed by atoms with Crippen molar-refractivity contribution >= 4 is 17.7 Å².